The van der Waals surface area contributed by atoms with E-state index in [1.54, 1.807) is 0 Å². The van der Waals surface area contributed by atoms with Crippen LogP contribution in [0.3, 0.4) is 0 Å². The summed E-state index contributed by atoms with van der Waals surface area (Å²) in [7, 11) is 0. The van der Waals surface area contributed by atoms with Crippen molar-refractivity contribution in [3.8, 4) is 0 Å². The molecule has 0 atom stereocenters. The SMILES string of the molecule is C=C(C)CNCCC(=O)NC1CC1. The maximum atomic E-state index is 11.2. The molecule has 0 aliphatic heterocycles. The van der Waals surface area contributed by atoms with Gasteiger partial charge in [-0.3, -0.25) is 4.79 Å². The third-order valence-corrected chi connectivity index (χ3v) is 1.90. The first-order valence-corrected chi connectivity index (χ1v) is 4.83. The molecule has 0 aromatic rings. The molecule has 0 saturated heterocycles. The van der Waals surface area contributed by atoms with Crippen LogP contribution in [0.5, 0.6) is 0 Å². The Morgan fingerprint density at radius 3 is 2.77 bits per heavy atom. The van der Waals surface area contributed by atoms with Crippen LogP contribution < -0.4 is 10.6 Å². The number of amides is 1. The number of carbonyl (C=O) groups is 1. The lowest BCUT2D eigenvalue weighted by atomic mass is 10.3. The molecule has 2 N–H and O–H groups in total. The number of rotatable bonds is 6. The topological polar surface area (TPSA) is 41.1 Å². The molecule has 0 aromatic heterocycles. The fraction of sp³-hybridized carbons (Fsp3) is 0.700. The van der Waals surface area contributed by atoms with Crippen molar-refractivity contribution in [1.82, 2.24) is 10.6 Å². The summed E-state index contributed by atoms with van der Waals surface area (Å²) in [5, 5.41) is 6.09. The summed E-state index contributed by atoms with van der Waals surface area (Å²) in [6, 6.07) is 0.480. The van der Waals surface area contributed by atoms with Gasteiger partial charge in [0.05, 0.1) is 0 Å². The van der Waals surface area contributed by atoms with Crippen LogP contribution in [-0.4, -0.2) is 25.0 Å². The summed E-state index contributed by atoms with van der Waals surface area (Å²) in [5.74, 6) is 0.164. The first kappa shape index (κ1) is 10.3. The van der Waals surface area contributed by atoms with Gasteiger partial charge in [-0.15, -0.1) is 0 Å². The van der Waals surface area contributed by atoms with Crippen molar-refractivity contribution in [1.29, 1.82) is 0 Å². The van der Waals surface area contributed by atoms with E-state index in [0.29, 0.717) is 12.5 Å². The lowest BCUT2D eigenvalue weighted by Crippen LogP contribution is -2.29. The van der Waals surface area contributed by atoms with Crippen LogP contribution >= 0.6 is 0 Å². The van der Waals surface area contributed by atoms with Crippen LogP contribution in [-0.2, 0) is 4.79 Å². The maximum absolute atomic E-state index is 11.2. The van der Waals surface area contributed by atoms with Gasteiger partial charge in [0.1, 0.15) is 0 Å². The average molecular weight is 182 g/mol. The van der Waals surface area contributed by atoms with E-state index in [2.05, 4.69) is 17.2 Å². The maximum Gasteiger partial charge on any atom is 0.221 e. The minimum absolute atomic E-state index is 0.164. The Bertz CT molecular complexity index is 197. The molecular formula is C10H18N2O. The second-order valence-corrected chi connectivity index (χ2v) is 3.73. The Labute approximate surface area is 79.6 Å². The van der Waals surface area contributed by atoms with E-state index in [-0.39, 0.29) is 5.91 Å². The molecule has 0 heterocycles. The lowest BCUT2D eigenvalue weighted by Gasteiger charge is -2.04. The Balaban J connectivity index is 1.91. The molecule has 1 fully saturated rings. The van der Waals surface area contributed by atoms with Crippen LogP contribution in [0, 0.1) is 0 Å². The third kappa shape index (κ3) is 5.42. The average Bonchev–Trinajstić information content (AvgIpc) is 2.81. The molecule has 0 bridgehead atoms. The van der Waals surface area contributed by atoms with Crippen LogP contribution in [0.25, 0.3) is 0 Å². The van der Waals surface area contributed by atoms with E-state index in [1.165, 1.54) is 0 Å². The van der Waals surface area contributed by atoms with Gasteiger partial charge in [0.15, 0.2) is 0 Å². The summed E-state index contributed by atoms with van der Waals surface area (Å²) >= 11 is 0. The number of carbonyl (C=O) groups excluding carboxylic acids is 1. The van der Waals surface area contributed by atoms with Gasteiger partial charge in [-0.25, -0.2) is 0 Å². The summed E-state index contributed by atoms with van der Waals surface area (Å²) in [6.07, 6.45) is 2.89. The normalized spacial score (nSPS) is 15.5. The van der Waals surface area contributed by atoms with Gasteiger partial charge in [-0.1, -0.05) is 12.2 Å². The largest absolute Gasteiger partial charge is 0.353 e. The second kappa shape index (κ2) is 5.02. The molecule has 74 valence electrons. The highest BCUT2D eigenvalue weighted by atomic mass is 16.1. The number of hydrogen-bond donors (Lipinski definition) is 2. The molecule has 1 aliphatic rings. The van der Waals surface area contributed by atoms with Crippen LogP contribution in [0.2, 0.25) is 0 Å². The minimum atomic E-state index is 0.164. The van der Waals surface area contributed by atoms with Gasteiger partial charge in [0, 0.05) is 25.6 Å². The molecule has 0 radical (unpaired) electrons. The van der Waals surface area contributed by atoms with E-state index < -0.39 is 0 Å². The highest BCUT2D eigenvalue weighted by molar-refractivity contribution is 5.76. The Morgan fingerprint density at radius 2 is 2.23 bits per heavy atom. The highest BCUT2D eigenvalue weighted by Gasteiger charge is 2.22. The summed E-state index contributed by atoms with van der Waals surface area (Å²) in [5.41, 5.74) is 1.10. The Kier molecular flexibility index (Phi) is 3.96. The van der Waals surface area contributed by atoms with Gasteiger partial charge in [0.25, 0.3) is 0 Å². The zero-order chi connectivity index (χ0) is 9.68. The fourth-order valence-corrected chi connectivity index (χ4v) is 1.03. The van der Waals surface area contributed by atoms with Gasteiger partial charge in [-0.05, 0) is 19.8 Å². The zero-order valence-electron chi connectivity index (χ0n) is 8.23. The molecule has 0 spiro atoms. The van der Waals surface area contributed by atoms with Crippen molar-refractivity contribution in [2.75, 3.05) is 13.1 Å². The van der Waals surface area contributed by atoms with E-state index in [9.17, 15) is 4.79 Å². The zero-order valence-corrected chi connectivity index (χ0v) is 8.23. The highest BCUT2D eigenvalue weighted by Crippen LogP contribution is 2.18. The van der Waals surface area contributed by atoms with Crippen molar-refractivity contribution >= 4 is 5.91 Å². The number of nitrogens with one attached hydrogen (secondary N) is 2. The molecule has 3 nitrogen and oxygen atoms in total. The molecule has 1 aliphatic carbocycles. The van der Waals surface area contributed by atoms with Gasteiger partial charge >= 0.3 is 0 Å². The van der Waals surface area contributed by atoms with Crippen molar-refractivity contribution in [2.24, 2.45) is 0 Å². The minimum Gasteiger partial charge on any atom is -0.353 e. The standard InChI is InChI=1S/C10H18N2O/c1-8(2)7-11-6-5-10(13)12-9-3-4-9/h9,11H,1,3-7H2,2H3,(H,12,13). The smallest absolute Gasteiger partial charge is 0.221 e. The van der Waals surface area contributed by atoms with Gasteiger partial charge in [0.2, 0.25) is 5.91 Å². The van der Waals surface area contributed by atoms with Crippen LogP contribution in [0.15, 0.2) is 12.2 Å². The first-order chi connectivity index (χ1) is 6.18. The van der Waals surface area contributed by atoms with E-state index in [1.807, 2.05) is 6.92 Å². The van der Waals surface area contributed by atoms with Crippen LogP contribution in [0.4, 0.5) is 0 Å². The van der Waals surface area contributed by atoms with Crippen molar-refractivity contribution < 1.29 is 4.79 Å². The monoisotopic (exact) mass is 182 g/mol. The molecule has 1 rings (SSSR count). The second-order valence-electron chi connectivity index (χ2n) is 3.73. The molecule has 0 aromatic carbocycles. The molecule has 1 saturated carbocycles. The summed E-state index contributed by atoms with van der Waals surface area (Å²) in [6.45, 7) is 7.28. The van der Waals surface area contributed by atoms with Crippen molar-refractivity contribution in [2.45, 2.75) is 32.2 Å². The molecule has 3 heteroatoms. The predicted octanol–water partition coefficient (Wildman–Crippen LogP) is 0.821. The fourth-order valence-electron chi connectivity index (χ4n) is 1.03. The van der Waals surface area contributed by atoms with Gasteiger partial charge in [-0.2, -0.15) is 0 Å². The number of hydrogen-bond acceptors (Lipinski definition) is 2. The molecule has 0 unspecified atom stereocenters. The van der Waals surface area contributed by atoms with Crippen LogP contribution in [0.1, 0.15) is 26.2 Å². The quantitative estimate of drug-likeness (QED) is 0.471. The lowest BCUT2D eigenvalue weighted by molar-refractivity contribution is -0.121. The van der Waals surface area contributed by atoms with Gasteiger partial charge < -0.3 is 10.6 Å². The molecule has 1 amide bonds. The molecular weight excluding hydrogens is 164 g/mol. The predicted molar refractivity (Wildman–Crippen MR) is 53.5 cm³/mol. The van der Waals surface area contributed by atoms with Crippen molar-refractivity contribution in [3.63, 3.8) is 0 Å². The summed E-state index contributed by atoms with van der Waals surface area (Å²) in [4.78, 5) is 11.2. The van der Waals surface area contributed by atoms with E-state index >= 15 is 0 Å². The Hall–Kier alpha value is -0.830. The first-order valence-electron chi connectivity index (χ1n) is 4.83. The van der Waals surface area contributed by atoms with Crippen molar-refractivity contribution in [3.05, 3.63) is 12.2 Å². The Morgan fingerprint density at radius 1 is 1.54 bits per heavy atom. The van der Waals surface area contributed by atoms with E-state index in [4.69, 9.17) is 0 Å². The third-order valence-electron chi connectivity index (χ3n) is 1.90. The molecule has 13 heavy (non-hydrogen) atoms. The van der Waals surface area contributed by atoms with E-state index in [0.717, 1.165) is 31.5 Å². The summed E-state index contributed by atoms with van der Waals surface area (Å²) < 4.78 is 0.